The van der Waals surface area contributed by atoms with E-state index in [0.29, 0.717) is 0 Å². The lowest BCUT2D eigenvalue weighted by molar-refractivity contribution is 1.07. The molecule has 0 aliphatic heterocycles. The average Bonchev–Trinajstić information content (AvgIpc) is 3.36. The van der Waals surface area contributed by atoms with Gasteiger partial charge in [-0.2, -0.15) is 0 Å². The number of fused-ring (bicyclic) bond motifs is 8. The Morgan fingerprint density at radius 1 is 0.500 bits per heavy atom. The molecule has 6 aromatic carbocycles. The molecular formula is C39H23N5. The van der Waals surface area contributed by atoms with Gasteiger partial charge in [0.2, 0.25) is 0 Å². The third-order valence-electron chi connectivity index (χ3n) is 8.91. The number of rotatable bonds is 2. The molecule has 5 heteroatoms. The Kier molecular flexibility index (Phi) is 4.66. The van der Waals surface area contributed by atoms with E-state index < -0.39 is 0 Å². The lowest BCUT2D eigenvalue weighted by atomic mass is 10.0. The van der Waals surface area contributed by atoms with E-state index in [9.17, 15) is 0 Å². The molecule has 0 atom stereocenters. The average molecular weight is 562 g/mol. The standard InChI is InChI=1S/C39H23N5/c1-2-11-26(12-3-1)35-39(41-30-22-20-24-10-4-5-14-27(24)36(30)42-35)43-31-16-6-7-17-32(31)44-37-28(29-15-9-23-40-38(29)44)21-19-25-13-8-18-33(43)34(25)37/h1-23H. The molecule has 0 N–H and O–H groups in total. The highest BCUT2D eigenvalue weighted by Crippen LogP contribution is 2.40. The topological polar surface area (TPSA) is 48.0 Å². The predicted octanol–water partition coefficient (Wildman–Crippen LogP) is 9.50. The number of hydrogen-bond acceptors (Lipinski definition) is 3. The zero-order valence-corrected chi connectivity index (χ0v) is 23.5. The molecule has 0 aliphatic carbocycles. The number of nitrogens with zero attached hydrogens (tertiary/aromatic N) is 5. The molecule has 0 saturated heterocycles. The lowest BCUT2D eigenvalue weighted by Crippen LogP contribution is -2.05. The Bertz CT molecular complexity index is 2760. The lowest BCUT2D eigenvalue weighted by Gasteiger charge is -2.17. The first-order valence-corrected chi connectivity index (χ1v) is 14.8. The van der Waals surface area contributed by atoms with Crippen molar-refractivity contribution in [2.75, 3.05) is 0 Å². The molecule has 44 heavy (non-hydrogen) atoms. The van der Waals surface area contributed by atoms with Crippen molar-refractivity contribution in [3.8, 4) is 17.1 Å². The fourth-order valence-electron chi connectivity index (χ4n) is 7.03. The molecule has 0 bridgehead atoms. The highest BCUT2D eigenvalue weighted by molar-refractivity contribution is 6.23. The monoisotopic (exact) mass is 561 g/mol. The van der Waals surface area contributed by atoms with E-state index in [4.69, 9.17) is 15.0 Å². The summed E-state index contributed by atoms with van der Waals surface area (Å²) in [6.45, 7) is 0. The molecule has 0 saturated carbocycles. The minimum Gasteiger partial charge on any atom is -0.291 e. The van der Waals surface area contributed by atoms with Gasteiger partial charge in [-0.3, -0.25) is 8.97 Å². The molecular weight excluding hydrogens is 538 g/mol. The van der Waals surface area contributed by atoms with Crippen molar-refractivity contribution in [1.29, 1.82) is 0 Å². The summed E-state index contributed by atoms with van der Waals surface area (Å²) in [5, 5.41) is 6.90. The maximum absolute atomic E-state index is 5.46. The minimum atomic E-state index is 0.791. The van der Waals surface area contributed by atoms with Gasteiger partial charge in [-0.15, -0.1) is 0 Å². The second kappa shape index (κ2) is 8.72. The number of para-hydroxylation sites is 2. The molecule has 204 valence electrons. The summed E-state index contributed by atoms with van der Waals surface area (Å²) in [4.78, 5) is 15.8. The van der Waals surface area contributed by atoms with Gasteiger partial charge < -0.3 is 0 Å². The number of benzene rings is 6. The summed E-state index contributed by atoms with van der Waals surface area (Å²) < 4.78 is 4.64. The van der Waals surface area contributed by atoms with Gasteiger partial charge in [0.05, 0.1) is 33.1 Å². The Balaban J connectivity index is 1.49. The van der Waals surface area contributed by atoms with Crippen molar-refractivity contribution >= 4 is 71.1 Å². The van der Waals surface area contributed by atoms with Crippen LogP contribution in [-0.2, 0) is 0 Å². The van der Waals surface area contributed by atoms with E-state index in [1.165, 1.54) is 10.8 Å². The van der Waals surface area contributed by atoms with Crippen molar-refractivity contribution in [2.24, 2.45) is 0 Å². The number of aromatic nitrogens is 5. The molecule has 0 fully saturated rings. The van der Waals surface area contributed by atoms with E-state index in [1.807, 2.05) is 18.3 Å². The summed E-state index contributed by atoms with van der Waals surface area (Å²) in [6, 6.07) is 46.8. The summed E-state index contributed by atoms with van der Waals surface area (Å²) in [5.41, 5.74) is 8.84. The van der Waals surface area contributed by atoms with E-state index in [-0.39, 0.29) is 0 Å². The van der Waals surface area contributed by atoms with Crippen LogP contribution in [0.5, 0.6) is 0 Å². The minimum absolute atomic E-state index is 0.791. The Morgan fingerprint density at radius 3 is 2.18 bits per heavy atom. The predicted molar refractivity (Wildman–Crippen MR) is 181 cm³/mol. The van der Waals surface area contributed by atoms with E-state index in [0.717, 1.165) is 77.4 Å². The van der Waals surface area contributed by atoms with E-state index in [1.54, 1.807) is 0 Å². The van der Waals surface area contributed by atoms with Crippen LogP contribution in [0, 0.1) is 0 Å². The van der Waals surface area contributed by atoms with Crippen LogP contribution >= 0.6 is 0 Å². The zero-order chi connectivity index (χ0) is 28.8. The van der Waals surface area contributed by atoms with Crippen molar-refractivity contribution < 1.29 is 0 Å². The molecule has 0 aliphatic rings. The second-order valence-electron chi connectivity index (χ2n) is 11.3. The smallest absolute Gasteiger partial charge is 0.165 e. The highest BCUT2D eigenvalue weighted by Gasteiger charge is 2.22. The first-order valence-electron chi connectivity index (χ1n) is 14.8. The van der Waals surface area contributed by atoms with Gasteiger partial charge in [-0.25, -0.2) is 15.0 Å². The van der Waals surface area contributed by atoms with E-state index >= 15 is 0 Å². The highest BCUT2D eigenvalue weighted by atomic mass is 15.1. The SMILES string of the molecule is c1ccc(-c2nc3c(ccc4ccccc43)nc2-n2c3cccc4ccc5c6cccnc6n(c6ccccc62)c5c43)cc1. The quantitative estimate of drug-likeness (QED) is 0.198. The van der Waals surface area contributed by atoms with Gasteiger partial charge in [-0.05, 0) is 47.2 Å². The number of pyridine rings is 1. The Labute approximate surface area is 251 Å². The molecule has 0 radical (unpaired) electrons. The fraction of sp³-hybridized carbons (Fsp3) is 0. The van der Waals surface area contributed by atoms with Crippen LogP contribution < -0.4 is 0 Å². The maximum atomic E-state index is 5.46. The molecule has 10 rings (SSSR count). The zero-order valence-electron chi connectivity index (χ0n) is 23.5. The second-order valence-corrected chi connectivity index (χ2v) is 11.3. The van der Waals surface area contributed by atoms with Crippen molar-refractivity contribution in [2.45, 2.75) is 0 Å². The largest absolute Gasteiger partial charge is 0.291 e. The maximum Gasteiger partial charge on any atom is 0.165 e. The molecule has 4 aromatic heterocycles. The molecule has 0 spiro atoms. The summed E-state index contributed by atoms with van der Waals surface area (Å²) in [7, 11) is 0. The normalized spacial score (nSPS) is 12.1. The van der Waals surface area contributed by atoms with E-state index in [2.05, 4.69) is 130 Å². The summed E-state index contributed by atoms with van der Waals surface area (Å²) in [6.07, 6.45) is 1.88. The van der Waals surface area contributed by atoms with Crippen LogP contribution in [0.1, 0.15) is 0 Å². The van der Waals surface area contributed by atoms with Gasteiger partial charge in [-0.1, -0.05) is 97.1 Å². The van der Waals surface area contributed by atoms with Crippen molar-refractivity contribution in [3.63, 3.8) is 0 Å². The molecule has 5 nitrogen and oxygen atoms in total. The molecule has 0 amide bonds. The Hall–Kier alpha value is -6.07. The van der Waals surface area contributed by atoms with Gasteiger partial charge in [0, 0.05) is 33.3 Å². The molecule has 0 unspecified atom stereocenters. The third-order valence-corrected chi connectivity index (χ3v) is 8.91. The summed E-state index contributed by atoms with van der Waals surface area (Å²) >= 11 is 0. The van der Waals surface area contributed by atoms with Crippen LogP contribution in [0.25, 0.3) is 88.1 Å². The van der Waals surface area contributed by atoms with Gasteiger partial charge in [0.15, 0.2) is 5.82 Å². The van der Waals surface area contributed by atoms with Crippen molar-refractivity contribution in [3.05, 3.63) is 140 Å². The first-order chi connectivity index (χ1) is 21.8. The van der Waals surface area contributed by atoms with Crippen LogP contribution in [0.3, 0.4) is 0 Å². The van der Waals surface area contributed by atoms with Crippen LogP contribution in [0.2, 0.25) is 0 Å². The van der Waals surface area contributed by atoms with Crippen LogP contribution in [0.4, 0.5) is 0 Å². The first kappa shape index (κ1) is 23.5. The third kappa shape index (κ3) is 3.10. The van der Waals surface area contributed by atoms with Crippen LogP contribution in [0.15, 0.2) is 140 Å². The van der Waals surface area contributed by atoms with Crippen molar-refractivity contribution in [1.82, 2.24) is 23.9 Å². The molecule has 10 aromatic rings. The number of hydrogen-bond donors (Lipinski definition) is 0. The summed E-state index contributed by atoms with van der Waals surface area (Å²) in [5.74, 6) is 0.791. The van der Waals surface area contributed by atoms with Gasteiger partial charge in [0.1, 0.15) is 11.3 Å². The Morgan fingerprint density at radius 2 is 1.25 bits per heavy atom. The van der Waals surface area contributed by atoms with Gasteiger partial charge >= 0.3 is 0 Å². The molecule has 4 heterocycles. The fourth-order valence-corrected chi connectivity index (χ4v) is 7.03. The van der Waals surface area contributed by atoms with Crippen LogP contribution in [-0.4, -0.2) is 23.9 Å². The van der Waals surface area contributed by atoms with Gasteiger partial charge in [0.25, 0.3) is 0 Å².